The number of aliphatic carboxylic acids is 1. The summed E-state index contributed by atoms with van der Waals surface area (Å²) in [6, 6.07) is 3.34. The highest BCUT2D eigenvalue weighted by atomic mass is 79.9. The molecule has 20 heavy (non-hydrogen) atoms. The van der Waals surface area contributed by atoms with Crippen LogP contribution in [0.15, 0.2) is 27.6 Å². The first-order valence-electron chi connectivity index (χ1n) is 5.90. The molecule has 0 aliphatic carbocycles. The average molecular weight is 366 g/mol. The minimum atomic E-state index is -3.98. The molecule has 0 spiro atoms. The molecule has 0 unspecified atom stereocenters. The highest BCUT2D eigenvalue weighted by molar-refractivity contribution is 9.10. The molecule has 0 aliphatic heterocycles. The molecule has 0 radical (unpaired) electrons. The van der Waals surface area contributed by atoms with Crippen molar-refractivity contribution in [3.63, 3.8) is 0 Å². The number of ether oxygens (including phenoxy) is 1. The molecular weight excluding hydrogens is 350 g/mol. The molecule has 0 aromatic heterocycles. The number of carbonyl (C=O) groups is 1. The average Bonchev–Trinajstić information content (AvgIpc) is 2.38. The highest BCUT2D eigenvalue weighted by Gasteiger charge is 2.27. The van der Waals surface area contributed by atoms with Gasteiger partial charge in [0.15, 0.2) is 0 Å². The maximum Gasteiger partial charge on any atom is 0.321 e. The van der Waals surface area contributed by atoms with Gasteiger partial charge in [0.1, 0.15) is 16.7 Å². The predicted molar refractivity (Wildman–Crippen MR) is 77.3 cm³/mol. The minimum absolute atomic E-state index is 0.100. The second-order valence-electron chi connectivity index (χ2n) is 4.10. The molecule has 1 aromatic carbocycles. The fourth-order valence-corrected chi connectivity index (χ4v) is 3.56. The lowest BCUT2D eigenvalue weighted by Gasteiger charge is -2.15. The van der Waals surface area contributed by atoms with Crippen molar-refractivity contribution in [2.24, 2.45) is 0 Å². The molecule has 0 saturated heterocycles. The first-order chi connectivity index (χ1) is 9.31. The van der Waals surface area contributed by atoms with E-state index in [9.17, 15) is 13.2 Å². The standard InChI is InChI=1S/C12H16BrNO5S/c1-3-4-9(12(15)16)14-20(17,18)11-7-8(13)5-6-10(11)19-2/h5-7,9,14H,3-4H2,1-2H3,(H,15,16)/t9-/m1/s1. The van der Waals surface area contributed by atoms with Crippen molar-refractivity contribution in [2.75, 3.05) is 7.11 Å². The van der Waals surface area contributed by atoms with Gasteiger partial charge in [0, 0.05) is 4.47 Å². The van der Waals surface area contributed by atoms with Crippen LogP contribution in [0.3, 0.4) is 0 Å². The largest absolute Gasteiger partial charge is 0.495 e. The van der Waals surface area contributed by atoms with E-state index in [0.29, 0.717) is 10.9 Å². The van der Waals surface area contributed by atoms with Crippen molar-refractivity contribution >= 4 is 31.9 Å². The van der Waals surface area contributed by atoms with Crippen LogP contribution in [0, 0.1) is 0 Å². The third kappa shape index (κ3) is 4.19. The van der Waals surface area contributed by atoms with Crippen LogP contribution < -0.4 is 9.46 Å². The quantitative estimate of drug-likeness (QED) is 0.770. The van der Waals surface area contributed by atoms with Crippen molar-refractivity contribution in [3.8, 4) is 5.75 Å². The first-order valence-corrected chi connectivity index (χ1v) is 8.18. The lowest BCUT2D eigenvalue weighted by atomic mass is 10.2. The summed E-state index contributed by atoms with van der Waals surface area (Å²) in [5, 5.41) is 9.03. The fraction of sp³-hybridized carbons (Fsp3) is 0.417. The summed E-state index contributed by atoms with van der Waals surface area (Å²) in [6.07, 6.45) is 0.764. The molecule has 0 fully saturated rings. The molecule has 0 aliphatic rings. The Labute approximate surface area is 126 Å². The summed E-state index contributed by atoms with van der Waals surface area (Å²) in [4.78, 5) is 11.0. The number of hydrogen-bond donors (Lipinski definition) is 2. The Morgan fingerprint density at radius 2 is 2.15 bits per heavy atom. The van der Waals surface area contributed by atoms with Crippen LogP contribution in [0.2, 0.25) is 0 Å². The Morgan fingerprint density at radius 3 is 2.65 bits per heavy atom. The van der Waals surface area contributed by atoms with Crippen LogP contribution in [-0.2, 0) is 14.8 Å². The fourth-order valence-electron chi connectivity index (χ4n) is 1.63. The number of methoxy groups -OCH3 is 1. The maximum absolute atomic E-state index is 12.3. The summed E-state index contributed by atoms with van der Waals surface area (Å²) >= 11 is 3.18. The Morgan fingerprint density at radius 1 is 1.50 bits per heavy atom. The van der Waals surface area contributed by atoms with Crippen LogP contribution in [0.1, 0.15) is 19.8 Å². The zero-order valence-corrected chi connectivity index (χ0v) is 13.5. The van der Waals surface area contributed by atoms with Gasteiger partial charge >= 0.3 is 5.97 Å². The summed E-state index contributed by atoms with van der Waals surface area (Å²) in [5.74, 6) is -1.05. The molecule has 0 saturated carbocycles. The summed E-state index contributed by atoms with van der Waals surface area (Å²) in [6.45, 7) is 1.78. The smallest absolute Gasteiger partial charge is 0.321 e. The van der Waals surface area contributed by atoms with Crippen molar-refractivity contribution < 1.29 is 23.1 Å². The summed E-state index contributed by atoms with van der Waals surface area (Å²) < 4.78 is 32.3. The highest BCUT2D eigenvalue weighted by Crippen LogP contribution is 2.27. The topological polar surface area (TPSA) is 92.7 Å². The van der Waals surface area contributed by atoms with Crippen molar-refractivity contribution in [1.82, 2.24) is 4.72 Å². The number of carboxylic acid groups (broad SMARTS) is 1. The van der Waals surface area contributed by atoms with Gasteiger partial charge in [-0.2, -0.15) is 4.72 Å². The predicted octanol–water partition coefficient (Wildman–Crippen LogP) is 1.99. The molecule has 1 aromatic rings. The van der Waals surface area contributed by atoms with E-state index < -0.39 is 22.0 Å². The van der Waals surface area contributed by atoms with Crippen LogP contribution in [0.4, 0.5) is 0 Å². The van der Waals surface area contributed by atoms with Gasteiger partial charge in [-0.3, -0.25) is 4.79 Å². The van der Waals surface area contributed by atoms with E-state index in [1.807, 2.05) is 0 Å². The van der Waals surface area contributed by atoms with Gasteiger partial charge in [0.25, 0.3) is 0 Å². The number of benzene rings is 1. The summed E-state index contributed by atoms with van der Waals surface area (Å²) in [7, 11) is -2.63. The van der Waals surface area contributed by atoms with Crippen LogP contribution >= 0.6 is 15.9 Å². The minimum Gasteiger partial charge on any atom is -0.495 e. The molecule has 1 rings (SSSR count). The van der Waals surface area contributed by atoms with Crippen molar-refractivity contribution in [1.29, 1.82) is 0 Å². The number of hydrogen-bond acceptors (Lipinski definition) is 4. The van der Waals surface area contributed by atoms with Crippen molar-refractivity contribution in [2.45, 2.75) is 30.7 Å². The molecule has 112 valence electrons. The van der Waals surface area contributed by atoms with E-state index in [2.05, 4.69) is 20.7 Å². The molecule has 0 bridgehead atoms. The van der Waals surface area contributed by atoms with Gasteiger partial charge in [0.05, 0.1) is 7.11 Å². The second-order valence-corrected chi connectivity index (χ2v) is 6.69. The Kier molecular flexibility index (Phi) is 5.97. The number of sulfonamides is 1. The van der Waals surface area contributed by atoms with E-state index in [1.165, 1.54) is 19.2 Å². The zero-order valence-electron chi connectivity index (χ0n) is 11.1. The number of halogens is 1. The van der Waals surface area contributed by atoms with Crippen LogP contribution in [0.25, 0.3) is 0 Å². The third-order valence-corrected chi connectivity index (χ3v) is 4.57. The molecule has 1 atom stereocenters. The number of carboxylic acids is 1. The van der Waals surface area contributed by atoms with E-state index >= 15 is 0 Å². The second kappa shape index (κ2) is 7.05. The van der Waals surface area contributed by atoms with Gasteiger partial charge in [-0.25, -0.2) is 8.42 Å². The molecule has 6 nitrogen and oxygen atoms in total. The Hall–Kier alpha value is -1.12. The van der Waals surface area contributed by atoms with Crippen LogP contribution in [0.5, 0.6) is 5.75 Å². The SMILES string of the molecule is CCC[C@@H](NS(=O)(=O)c1cc(Br)ccc1OC)C(=O)O. The lowest BCUT2D eigenvalue weighted by molar-refractivity contribution is -0.139. The lowest BCUT2D eigenvalue weighted by Crippen LogP contribution is -2.40. The zero-order chi connectivity index (χ0) is 15.3. The van der Waals surface area contributed by atoms with E-state index in [-0.39, 0.29) is 17.1 Å². The van der Waals surface area contributed by atoms with Crippen molar-refractivity contribution in [3.05, 3.63) is 22.7 Å². The van der Waals surface area contributed by atoms with Gasteiger partial charge in [-0.05, 0) is 24.6 Å². The third-order valence-electron chi connectivity index (χ3n) is 2.59. The van der Waals surface area contributed by atoms with Gasteiger partial charge in [-0.15, -0.1) is 0 Å². The van der Waals surface area contributed by atoms with Gasteiger partial charge < -0.3 is 9.84 Å². The Bertz CT molecular complexity index is 588. The number of rotatable bonds is 7. The molecule has 0 heterocycles. The van der Waals surface area contributed by atoms with Crippen LogP contribution in [-0.4, -0.2) is 32.6 Å². The maximum atomic E-state index is 12.3. The first kappa shape index (κ1) is 16.9. The van der Waals surface area contributed by atoms with E-state index in [0.717, 1.165) is 0 Å². The van der Waals surface area contributed by atoms with Gasteiger partial charge in [-0.1, -0.05) is 29.3 Å². The normalized spacial score (nSPS) is 12.9. The van der Waals surface area contributed by atoms with E-state index in [1.54, 1.807) is 13.0 Å². The molecular formula is C12H16BrNO5S. The van der Waals surface area contributed by atoms with E-state index in [4.69, 9.17) is 9.84 Å². The Balaban J connectivity index is 3.16. The number of nitrogens with one attached hydrogen (secondary N) is 1. The van der Waals surface area contributed by atoms with Gasteiger partial charge in [0.2, 0.25) is 10.0 Å². The summed E-state index contributed by atoms with van der Waals surface area (Å²) in [5.41, 5.74) is 0. The monoisotopic (exact) mass is 365 g/mol. The molecule has 0 amide bonds. The molecule has 8 heteroatoms. The molecule has 2 N–H and O–H groups in total.